The van der Waals surface area contributed by atoms with Gasteiger partial charge in [-0.15, -0.1) is 11.3 Å². The third kappa shape index (κ3) is 5.69. The van der Waals surface area contributed by atoms with E-state index >= 15 is 0 Å². The molecule has 1 aliphatic heterocycles. The van der Waals surface area contributed by atoms with E-state index in [9.17, 15) is 9.59 Å². The minimum atomic E-state index is -0.184. The number of urea groups is 1. The molecule has 4 saturated carbocycles. The second kappa shape index (κ2) is 9.88. The van der Waals surface area contributed by atoms with E-state index in [4.69, 9.17) is 4.74 Å². The van der Waals surface area contributed by atoms with Gasteiger partial charge in [-0.05, 0) is 69.6 Å². The Hall–Kier alpha value is -1.71. The number of thiazole rings is 1. The van der Waals surface area contributed by atoms with E-state index in [2.05, 4.69) is 20.5 Å². The molecule has 9 heteroatoms. The van der Waals surface area contributed by atoms with Crippen LogP contribution in [0.5, 0.6) is 0 Å². The number of carbonyl (C=O) groups excluding carboxylic acids is 2. The quantitative estimate of drug-likeness (QED) is 0.603. The van der Waals surface area contributed by atoms with Crippen LogP contribution in [-0.2, 0) is 9.53 Å². The third-order valence-corrected chi connectivity index (χ3v) is 8.73. The number of aryl methyl sites for hydroxylation is 1. The van der Waals surface area contributed by atoms with Crippen LogP contribution >= 0.6 is 11.3 Å². The molecular weight excluding hydrogens is 438 g/mol. The number of hydrogen-bond acceptors (Lipinski definition) is 6. The van der Waals surface area contributed by atoms with Crippen LogP contribution in [0.1, 0.15) is 49.8 Å². The van der Waals surface area contributed by atoms with Gasteiger partial charge in [0.05, 0.1) is 13.2 Å². The molecule has 2 N–H and O–H groups in total. The highest BCUT2D eigenvalue weighted by molar-refractivity contribution is 7.15. The minimum Gasteiger partial charge on any atom is -0.379 e. The van der Waals surface area contributed by atoms with Gasteiger partial charge < -0.3 is 20.3 Å². The summed E-state index contributed by atoms with van der Waals surface area (Å²) in [5.41, 5.74) is -0.0583. The molecule has 8 nitrogen and oxygen atoms in total. The Morgan fingerprint density at radius 2 is 1.85 bits per heavy atom. The van der Waals surface area contributed by atoms with Gasteiger partial charge in [0.2, 0.25) is 5.91 Å². The first-order valence-corrected chi connectivity index (χ1v) is 13.4. The van der Waals surface area contributed by atoms with E-state index in [1.165, 1.54) is 30.6 Å². The molecule has 5 fully saturated rings. The fraction of sp³-hybridized carbons (Fsp3) is 0.792. The highest BCUT2D eigenvalue weighted by Gasteiger charge is 2.51. The number of rotatable bonds is 8. The topological polar surface area (TPSA) is 86.8 Å². The monoisotopic (exact) mass is 475 g/mol. The molecule has 5 aliphatic rings. The van der Waals surface area contributed by atoms with Gasteiger partial charge in [-0.2, -0.15) is 0 Å². The molecule has 0 aromatic carbocycles. The summed E-state index contributed by atoms with van der Waals surface area (Å²) in [6.07, 6.45) is 9.94. The molecule has 3 amide bonds. The van der Waals surface area contributed by atoms with Crippen LogP contribution in [0.2, 0.25) is 0 Å². The molecule has 0 radical (unpaired) electrons. The molecule has 4 aliphatic carbocycles. The maximum atomic E-state index is 13.5. The molecule has 2 heterocycles. The van der Waals surface area contributed by atoms with Crippen LogP contribution in [0.25, 0.3) is 0 Å². The van der Waals surface area contributed by atoms with Crippen LogP contribution in [0.15, 0.2) is 6.20 Å². The Morgan fingerprint density at radius 3 is 2.45 bits per heavy atom. The van der Waals surface area contributed by atoms with E-state index < -0.39 is 0 Å². The summed E-state index contributed by atoms with van der Waals surface area (Å²) < 4.78 is 5.44. The fourth-order valence-corrected chi connectivity index (χ4v) is 7.56. The number of nitrogens with one attached hydrogen (secondary N) is 2. The standard InChI is InChI=1S/C24H37N5O3S/c1-17-15-25-22(33-17)26-21(30)16-29(4-2-3-28-5-7-32-8-6-28)23(31)27-24-12-18-9-19(13-24)11-20(10-18)14-24/h15,18-20H,2-14,16H2,1H3,(H,27,31)(H,25,26,30). The Balaban J connectivity index is 1.21. The first-order chi connectivity index (χ1) is 16.0. The lowest BCUT2D eigenvalue weighted by molar-refractivity contribution is -0.116. The lowest BCUT2D eigenvalue weighted by Gasteiger charge is -2.57. The summed E-state index contributed by atoms with van der Waals surface area (Å²) in [5, 5.41) is 6.90. The Labute approximate surface area is 200 Å². The number of amides is 3. The smallest absolute Gasteiger partial charge is 0.318 e. The van der Waals surface area contributed by atoms with Crippen LogP contribution in [-0.4, -0.2) is 78.2 Å². The summed E-state index contributed by atoms with van der Waals surface area (Å²) in [5.74, 6) is 2.12. The van der Waals surface area contributed by atoms with Crippen molar-refractivity contribution in [1.82, 2.24) is 20.1 Å². The van der Waals surface area contributed by atoms with E-state index in [1.54, 1.807) is 11.1 Å². The van der Waals surface area contributed by atoms with Gasteiger partial charge in [-0.25, -0.2) is 9.78 Å². The van der Waals surface area contributed by atoms with Gasteiger partial charge in [-0.3, -0.25) is 9.69 Å². The summed E-state index contributed by atoms with van der Waals surface area (Å²) in [6, 6.07) is -0.0793. The fourth-order valence-electron chi connectivity index (χ4n) is 6.88. The van der Waals surface area contributed by atoms with Crippen molar-refractivity contribution < 1.29 is 14.3 Å². The summed E-state index contributed by atoms with van der Waals surface area (Å²) in [4.78, 5) is 35.6. The van der Waals surface area contributed by atoms with Crippen LogP contribution in [0.3, 0.4) is 0 Å². The lowest BCUT2D eigenvalue weighted by Crippen LogP contribution is -2.62. The van der Waals surface area contributed by atoms with Crippen molar-refractivity contribution in [3.05, 3.63) is 11.1 Å². The van der Waals surface area contributed by atoms with Crippen molar-refractivity contribution in [2.24, 2.45) is 17.8 Å². The lowest BCUT2D eigenvalue weighted by atomic mass is 9.53. The molecule has 0 spiro atoms. The van der Waals surface area contributed by atoms with Gasteiger partial charge in [0.1, 0.15) is 6.54 Å². The first-order valence-electron chi connectivity index (χ1n) is 12.6. The number of anilines is 1. The SMILES string of the molecule is Cc1cnc(NC(=O)CN(CCCN2CCOCC2)C(=O)NC23CC4CC(CC(C4)C2)C3)s1. The van der Waals surface area contributed by atoms with Crippen molar-refractivity contribution in [2.45, 2.75) is 57.4 Å². The normalized spacial score (nSPS) is 30.9. The number of morpholine rings is 1. The Bertz CT molecular complexity index is 818. The summed E-state index contributed by atoms with van der Waals surface area (Å²) in [7, 11) is 0. The van der Waals surface area contributed by atoms with Crippen LogP contribution < -0.4 is 10.6 Å². The number of ether oxygens (including phenoxy) is 1. The van der Waals surface area contributed by atoms with E-state index in [0.29, 0.717) is 11.7 Å². The molecule has 182 valence electrons. The van der Waals surface area contributed by atoms with Crippen molar-refractivity contribution in [2.75, 3.05) is 51.3 Å². The zero-order chi connectivity index (χ0) is 22.8. The van der Waals surface area contributed by atoms with E-state index in [0.717, 1.165) is 81.2 Å². The van der Waals surface area contributed by atoms with Crippen LogP contribution in [0.4, 0.5) is 9.93 Å². The maximum Gasteiger partial charge on any atom is 0.318 e. The van der Waals surface area contributed by atoms with Crippen molar-refractivity contribution in [3.8, 4) is 0 Å². The van der Waals surface area contributed by atoms with Gasteiger partial charge >= 0.3 is 6.03 Å². The predicted molar refractivity (Wildman–Crippen MR) is 128 cm³/mol. The molecule has 0 atom stereocenters. The van der Waals surface area contributed by atoms with Gasteiger partial charge in [0, 0.05) is 42.8 Å². The van der Waals surface area contributed by atoms with Gasteiger partial charge in [-0.1, -0.05) is 0 Å². The first kappa shape index (κ1) is 23.1. The Kier molecular flexibility index (Phi) is 6.90. The Morgan fingerprint density at radius 1 is 1.18 bits per heavy atom. The number of hydrogen-bond donors (Lipinski definition) is 2. The van der Waals surface area contributed by atoms with E-state index in [1.807, 2.05) is 6.92 Å². The molecule has 1 aromatic heterocycles. The van der Waals surface area contributed by atoms with Crippen molar-refractivity contribution in [1.29, 1.82) is 0 Å². The zero-order valence-corrected chi connectivity index (χ0v) is 20.5. The summed E-state index contributed by atoms with van der Waals surface area (Å²) >= 11 is 1.45. The molecule has 1 saturated heterocycles. The minimum absolute atomic E-state index is 0.0555. The summed E-state index contributed by atoms with van der Waals surface area (Å²) in [6.45, 7) is 6.91. The van der Waals surface area contributed by atoms with Gasteiger partial charge in [0.25, 0.3) is 0 Å². The largest absolute Gasteiger partial charge is 0.379 e. The predicted octanol–water partition coefficient (Wildman–Crippen LogP) is 3.09. The van der Waals surface area contributed by atoms with Crippen molar-refractivity contribution >= 4 is 28.4 Å². The molecule has 4 bridgehead atoms. The second-order valence-corrected chi connectivity index (χ2v) is 11.9. The van der Waals surface area contributed by atoms with Gasteiger partial charge in [0.15, 0.2) is 5.13 Å². The van der Waals surface area contributed by atoms with E-state index in [-0.39, 0.29) is 24.0 Å². The molecule has 1 aromatic rings. The highest BCUT2D eigenvalue weighted by Crippen LogP contribution is 2.55. The second-order valence-electron chi connectivity index (χ2n) is 10.7. The average Bonchev–Trinajstić information content (AvgIpc) is 3.16. The number of aromatic nitrogens is 1. The average molecular weight is 476 g/mol. The third-order valence-electron chi connectivity index (χ3n) is 7.91. The zero-order valence-electron chi connectivity index (χ0n) is 19.7. The molecule has 0 unspecified atom stereocenters. The van der Waals surface area contributed by atoms with Crippen LogP contribution in [0, 0.1) is 24.7 Å². The number of nitrogens with zero attached hydrogens (tertiary/aromatic N) is 3. The van der Waals surface area contributed by atoms with Crippen molar-refractivity contribution in [3.63, 3.8) is 0 Å². The highest BCUT2D eigenvalue weighted by atomic mass is 32.1. The molecular formula is C24H37N5O3S. The molecule has 6 rings (SSSR count). The maximum absolute atomic E-state index is 13.5. The molecule has 33 heavy (non-hydrogen) atoms. The number of carbonyl (C=O) groups is 2.